The number of rotatable bonds is 2. The Labute approximate surface area is 101 Å². The van der Waals surface area contributed by atoms with Crippen LogP contribution in [0.1, 0.15) is 21.6 Å². The van der Waals surface area contributed by atoms with Gasteiger partial charge < -0.3 is 0 Å². The Balaban J connectivity index is 2.47. The van der Waals surface area contributed by atoms with Crippen molar-refractivity contribution in [1.82, 2.24) is 15.0 Å². The first-order valence-electron chi connectivity index (χ1n) is 4.76. The van der Waals surface area contributed by atoms with Gasteiger partial charge in [-0.25, -0.2) is 4.68 Å². The maximum Gasteiger partial charge on any atom is 0.213 e. The molecule has 0 atom stereocenters. The van der Waals surface area contributed by atoms with Crippen LogP contribution in [0.2, 0.25) is 0 Å². The minimum Gasteiger partial charge on any atom is -0.287 e. The Morgan fingerprint density at radius 2 is 2.19 bits per heavy atom. The molecule has 0 aliphatic heterocycles. The van der Waals surface area contributed by atoms with Crippen molar-refractivity contribution in [3.63, 3.8) is 0 Å². The number of aromatic nitrogens is 3. The average molecular weight is 280 g/mol. The largest absolute Gasteiger partial charge is 0.287 e. The van der Waals surface area contributed by atoms with Gasteiger partial charge in [0.05, 0.1) is 0 Å². The summed E-state index contributed by atoms with van der Waals surface area (Å²) in [6, 6.07) is 7.45. The molecule has 0 bridgehead atoms. The van der Waals surface area contributed by atoms with E-state index in [1.165, 1.54) is 4.68 Å². The molecule has 1 aromatic heterocycles. The van der Waals surface area contributed by atoms with Crippen molar-refractivity contribution in [2.75, 3.05) is 0 Å². The Morgan fingerprint density at radius 1 is 1.44 bits per heavy atom. The molecule has 1 heterocycles. The van der Waals surface area contributed by atoms with E-state index in [1.54, 1.807) is 13.1 Å². The second-order valence-electron chi connectivity index (χ2n) is 3.55. The van der Waals surface area contributed by atoms with E-state index in [0.717, 1.165) is 5.56 Å². The lowest BCUT2D eigenvalue weighted by molar-refractivity contribution is 0.102. The van der Waals surface area contributed by atoms with Gasteiger partial charge in [0.25, 0.3) is 0 Å². The first-order valence-corrected chi connectivity index (χ1v) is 5.55. The van der Waals surface area contributed by atoms with Crippen molar-refractivity contribution < 1.29 is 4.79 Å². The summed E-state index contributed by atoms with van der Waals surface area (Å²) in [5, 5.41) is 7.58. The van der Waals surface area contributed by atoms with E-state index in [9.17, 15) is 4.79 Å². The number of halogens is 1. The Bertz CT molecular complexity index is 528. The van der Waals surface area contributed by atoms with Gasteiger partial charge in [0.1, 0.15) is 5.69 Å². The molecule has 0 fully saturated rings. The van der Waals surface area contributed by atoms with Gasteiger partial charge in [-0.15, -0.1) is 5.10 Å². The van der Waals surface area contributed by atoms with Crippen LogP contribution in [0.3, 0.4) is 0 Å². The molecule has 0 saturated heterocycles. The molecule has 2 aromatic rings. The maximum atomic E-state index is 12.2. The number of nitrogens with zero attached hydrogens (tertiary/aromatic N) is 3. The molecule has 0 aliphatic carbocycles. The molecule has 0 amide bonds. The van der Waals surface area contributed by atoms with Gasteiger partial charge in [-0.2, -0.15) is 0 Å². The summed E-state index contributed by atoms with van der Waals surface area (Å²) in [6.45, 7) is 1.95. The van der Waals surface area contributed by atoms with Crippen LogP contribution in [0.5, 0.6) is 0 Å². The molecule has 82 valence electrons. The predicted molar refractivity (Wildman–Crippen MR) is 63.3 cm³/mol. The molecule has 16 heavy (non-hydrogen) atoms. The number of carbonyl (C=O) groups is 1. The highest BCUT2D eigenvalue weighted by molar-refractivity contribution is 9.10. The topological polar surface area (TPSA) is 47.8 Å². The number of hydrogen-bond donors (Lipinski definition) is 0. The summed E-state index contributed by atoms with van der Waals surface area (Å²) in [6.07, 6.45) is 0. The quantitative estimate of drug-likeness (QED) is 0.792. The molecule has 0 spiro atoms. The van der Waals surface area contributed by atoms with Crippen molar-refractivity contribution in [2.24, 2.45) is 7.05 Å². The molecule has 0 N–H and O–H groups in total. The third-order valence-electron chi connectivity index (χ3n) is 2.28. The van der Waals surface area contributed by atoms with Gasteiger partial charge in [-0.05, 0) is 28.9 Å². The summed E-state index contributed by atoms with van der Waals surface area (Å²) in [4.78, 5) is 12.2. The normalized spacial score (nSPS) is 10.4. The molecule has 5 heteroatoms. The van der Waals surface area contributed by atoms with Crippen molar-refractivity contribution in [3.05, 3.63) is 45.7 Å². The third-order valence-corrected chi connectivity index (χ3v) is 2.82. The maximum absolute atomic E-state index is 12.2. The molecule has 1 aromatic carbocycles. The minimum atomic E-state index is -0.0805. The van der Waals surface area contributed by atoms with Crippen molar-refractivity contribution in [2.45, 2.75) is 6.92 Å². The molecule has 2 rings (SSSR count). The second kappa shape index (κ2) is 4.17. The van der Waals surface area contributed by atoms with Crippen molar-refractivity contribution in [3.8, 4) is 0 Å². The lowest BCUT2D eigenvalue weighted by Crippen LogP contribution is -2.09. The van der Waals surface area contributed by atoms with Crippen LogP contribution in [0, 0.1) is 6.92 Å². The minimum absolute atomic E-state index is 0.0805. The zero-order chi connectivity index (χ0) is 11.7. The summed E-state index contributed by atoms with van der Waals surface area (Å²) in [5.41, 5.74) is 2.16. The van der Waals surface area contributed by atoms with Crippen LogP contribution in [-0.4, -0.2) is 20.8 Å². The monoisotopic (exact) mass is 279 g/mol. The van der Waals surface area contributed by atoms with E-state index in [0.29, 0.717) is 15.9 Å². The average Bonchev–Trinajstić information content (AvgIpc) is 2.58. The zero-order valence-corrected chi connectivity index (χ0v) is 10.5. The van der Waals surface area contributed by atoms with E-state index in [2.05, 4.69) is 26.2 Å². The Morgan fingerprint density at radius 3 is 2.75 bits per heavy atom. The first-order chi connectivity index (χ1) is 7.59. The number of ketones is 1. The molecule has 0 unspecified atom stereocenters. The highest BCUT2D eigenvalue weighted by Crippen LogP contribution is 2.17. The van der Waals surface area contributed by atoms with Crippen LogP contribution in [0.15, 0.2) is 28.9 Å². The summed E-state index contributed by atoms with van der Waals surface area (Å²) in [5.74, 6) is -0.0805. The fourth-order valence-electron chi connectivity index (χ4n) is 1.50. The standard InChI is InChI=1S/C11H10BrN3O/c1-7-4-3-5-8(6-7)10(16)9-11(12)13-14-15(9)2/h3-6H,1-2H3. The Kier molecular flexibility index (Phi) is 2.87. The van der Waals surface area contributed by atoms with E-state index >= 15 is 0 Å². The summed E-state index contributed by atoms with van der Waals surface area (Å²) >= 11 is 3.22. The number of carbonyl (C=O) groups excluding carboxylic acids is 1. The van der Waals surface area contributed by atoms with Crippen molar-refractivity contribution >= 4 is 21.7 Å². The fourth-order valence-corrected chi connectivity index (χ4v) is 2.00. The van der Waals surface area contributed by atoms with Crippen LogP contribution < -0.4 is 0 Å². The molecular formula is C11H10BrN3O. The Hall–Kier alpha value is -1.49. The highest BCUT2D eigenvalue weighted by atomic mass is 79.9. The molecular weight excluding hydrogens is 270 g/mol. The van der Waals surface area contributed by atoms with Crippen LogP contribution in [-0.2, 0) is 7.05 Å². The predicted octanol–water partition coefficient (Wildman–Crippen LogP) is 2.12. The fraction of sp³-hybridized carbons (Fsp3) is 0.182. The van der Waals surface area contributed by atoms with E-state index < -0.39 is 0 Å². The van der Waals surface area contributed by atoms with Crippen molar-refractivity contribution in [1.29, 1.82) is 0 Å². The van der Waals surface area contributed by atoms with E-state index in [4.69, 9.17) is 0 Å². The van der Waals surface area contributed by atoms with Gasteiger partial charge in [0.2, 0.25) is 5.78 Å². The van der Waals surface area contributed by atoms with Gasteiger partial charge in [0, 0.05) is 12.6 Å². The highest BCUT2D eigenvalue weighted by Gasteiger charge is 2.18. The zero-order valence-electron chi connectivity index (χ0n) is 8.94. The second-order valence-corrected chi connectivity index (χ2v) is 4.30. The summed E-state index contributed by atoms with van der Waals surface area (Å²) in [7, 11) is 1.70. The number of aryl methyl sites for hydroxylation is 2. The third kappa shape index (κ3) is 1.90. The van der Waals surface area contributed by atoms with Gasteiger partial charge in [0.15, 0.2) is 4.60 Å². The van der Waals surface area contributed by atoms with Crippen LogP contribution in [0.4, 0.5) is 0 Å². The number of benzene rings is 1. The van der Waals surface area contributed by atoms with Gasteiger partial charge in [-0.3, -0.25) is 4.79 Å². The van der Waals surface area contributed by atoms with Crippen LogP contribution >= 0.6 is 15.9 Å². The lowest BCUT2D eigenvalue weighted by atomic mass is 10.1. The van der Waals surface area contributed by atoms with E-state index in [-0.39, 0.29) is 5.78 Å². The molecule has 4 nitrogen and oxygen atoms in total. The SMILES string of the molecule is Cc1cccc(C(=O)c2c(Br)nnn2C)c1. The van der Waals surface area contributed by atoms with E-state index in [1.807, 2.05) is 25.1 Å². The van der Waals surface area contributed by atoms with Gasteiger partial charge >= 0.3 is 0 Å². The molecule has 0 radical (unpaired) electrons. The van der Waals surface area contributed by atoms with Crippen LogP contribution in [0.25, 0.3) is 0 Å². The smallest absolute Gasteiger partial charge is 0.213 e. The molecule has 0 aliphatic rings. The van der Waals surface area contributed by atoms with Gasteiger partial charge in [-0.1, -0.05) is 29.0 Å². The lowest BCUT2D eigenvalue weighted by Gasteiger charge is -2.02. The number of hydrogen-bond acceptors (Lipinski definition) is 3. The summed E-state index contributed by atoms with van der Waals surface area (Å²) < 4.78 is 1.94. The first kappa shape index (κ1) is 11.0. The molecule has 0 saturated carbocycles.